The van der Waals surface area contributed by atoms with Gasteiger partial charge in [-0.15, -0.1) is 0 Å². The molecule has 2 heterocycles. The summed E-state index contributed by atoms with van der Waals surface area (Å²) in [4.78, 5) is 16.7. The molecule has 19 heavy (non-hydrogen) atoms. The molecule has 0 atom stereocenters. The van der Waals surface area contributed by atoms with Crippen molar-refractivity contribution in [3.8, 4) is 0 Å². The molecule has 2 aliphatic rings. The van der Waals surface area contributed by atoms with E-state index in [0.717, 1.165) is 38.3 Å². The fourth-order valence-electron chi connectivity index (χ4n) is 3.58. The highest BCUT2D eigenvalue weighted by Gasteiger charge is 2.44. The summed E-state index contributed by atoms with van der Waals surface area (Å²) in [6, 6.07) is 0. The lowest BCUT2D eigenvalue weighted by Crippen LogP contribution is -2.61. The molecule has 0 aromatic heterocycles. The van der Waals surface area contributed by atoms with Crippen LogP contribution in [0.2, 0.25) is 0 Å². The van der Waals surface area contributed by atoms with Gasteiger partial charge in [0.15, 0.2) is 0 Å². The number of unbranched alkanes of at least 4 members (excludes halogenated alkanes) is 1. The van der Waals surface area contributed by atoms with E-state index in [0.29, 0.717) is 11.3 Å². The van der Waals surface area contributed by atoms with Gasteiger partial charge in [-0.25, -0.2) is 0 Å². The van der Waals surface area contributed by atoms with E-state index in [9.17, 15) is 4.79 Å². The number of likely N-dealkylation sites (tertiary alicyclic amines) is 2. The van der Waals surface area contributed by atoms with Crippen LogP contribution in [0.4, 0.5) is 0 Å². The Morgan fingerprint density at radius 3 is 2.37 bits per heavy atom. The van der Waals surface area contributed by atoms with Crippen molar-refractivity contribution in [1.82, 2.24) is 9.80 Å². The minimum Gasteiger partial charge on any atom is -0.343 e. The molecule has 0 aromatic carbocycles. The maximum atomic E-state index is 12.0. The predicted molar refractivity (Wildman–Crippen MR) is 79.1 cm³/mol. The molecule has 0 aliphatic carbocycles. The van der Waals surface area contributed by atoms with Crippen LogP contribution in [0.25, 0.3) is 0 Å². The maximum absolute atomic E-state index is 12.0. The van der Waals surface area contributed by atoms with Gasteiger partial charge < -0.3 is 9.80 Å². The van der Waals surface area contributed by atoms with Gasteiger partial charge in [-0.3, -0.25) is 4.79 Å². The molecule has 2 rings (SSSR count). The van der Waals surface area contributed by atoms with E-state index < -0.39 is 0 Å². The fraction of sp³-hybridized carbons (Fsp3) is 0.938. The molecule has 0 radical (unpaired) electrons. The number of carbonyl (C=O) groups excluding carboxylic acids is 1. The topological polar surface area (TPSA) is 23.6 Å². The van der Waals surface area contributed by atoms with E-state index >= 15 is 0 Å². The smallest absolute Gasteiger partial charge is 0.222 e. The van der Waals surface area contributed by atoms with Crippen molar-refractivity contribution in [3.63, 3.8) is 0 Å². The molecule has 0 N–H and O–H groups in total. The zero-order valence-corrected chi connectivity index (χ0v) is 13.0. The van der Waals surface area contributed by atoms with Crippen LogP contribution in [0, 0.1) is 11.3 Å². The van der Waals surface area contributed by atoms with E-state index in [-0.39, 0.29) is 0 Å². The first kappa shape index (κ1) is 14.8. The first-order valence-corrected chi connectivity index (χ1v) is 8.05. The lowest BCUT2D eigenvalue weighted by molar-refractivity contribution is -0.136. The lowest BCUT2D eigenvalue weighted by Gasteiger charge is -2.54. The molecule has 3 nitrogen and oxygen atoms in total. The zero-order valence-electron chi connectivity index (χ0n) is 13.0. The maximum Gasteiger partial charge on any atom is 0.222 e. The molecule has 0 bridgehead atoms. The van der Waals surface area contributed by atoms with Crippen molar-refractivity contribution >= 4 is 5.91 Å². The summed E-state index contributed by atoms with van der Waals surface area (Å²) in [6.07, 6.45) is 5.36. The van der Waals surface area contributed by atoms with Gasteiger partial charge >= 0.3 is 0 Å². The molecule has 0 unspecified atom stereocenters. The van der Waals surface area contributed by atoms with E-state index in [1.165, 1.54) is 32.5 Å². The lowest BCUT2D eigenvalue weighted by atomic mass is 9.71. The molecule has 1 spiro atoms. The zero-order chi connectivity index (χ0) is 13.9. The highest BCUT2D eigenvalue weighted by Crippen LogP contribution is 2.40. The first-order valence-electron chi connectivity index (χ1n) is 8.05. The van der Waals surface area contributed by atoms with Gasteiger partial charge in [0.1, 0.15) is 0 Å². The van der Waals surface area contributed by atoms with Crippen LogP contribution in [-0.2, 0) is 4.79 Å². The minimum absolute atomic E-state index is 0.384. The third kappa shape index (κ3) is 3.71. The van der Waals surface area contributed by atoms with Crippen molar-refractivity contribution in [2.75, 3.05) is 32.7 Å². The second kappa shape index (κ2) is 6.25. The van der Waals surface area contributed by atoms with Gasteiger partial charge in [-0.05, 0) is 30.6 Å². The van der Waals surface area contributed by atoms with Crippen molar-refractivity contribution in [3.05, 3.63) is 0 Å². The normalized spacial score (nSPS) is 22.8. The number of carbonyl (C=O) groups is 1. The SMILES string of the molecule is CCCCC(=O)N1CCC2(CC1)CN(CC(C)C)C2. The van der Waals surface area contributed by atoms with Crippen LogP contribution in [0.5, 0.6) is 0 Å². The molecule has 3 heteroatoms. The highest BCUT2D eigenvalue weighted by atomic mass is 16.2. The largest absolute Gasteiger partial charge is 0.343 e. The van der Waals surface area contributed by atoms with Crippen molar-refractivity contribution in [1.29, 1.82) is 0 Å². The van der Waals surface area contributed by atoms with E-state index in [4.69, 9.17) is 0 Å². The fourth-order valence-corrected chi connectivity index (χ4v) is 3.58. The average Bonchev–Trinajstić information content (AvgIpc) is 2.34. The molecule has 2 aliphatic heterocycles. The Labute approximate surface area is 118 Å². The molecular weight excluding hydrogens is 236 g/mol. The molecule has 1 amide bonds. The van der Waals surface area contributed by atoms with Crippen LogP contribution in [-0.4, -0.2) is 48.4 Å². The Balaban J connectivity index is 1.70. The van der Waals surface area contributed by atoms with Gasteiger partial charge in [0.2, 0.25) is 5.91 Å². The Kier molecular flexibility index (Phi) is 4.88. The molecule has 110 valence electrons. The number of amides is 1. The van der Waals surface area contributed by atoms with Crippen LogP contribution < -0.4 is 0 Å². The Hall–Kier alpha value is -0.570. The third-order valence-electron chi connectivity index (χ3n) is 4.66. The number of nitrogens with zero attached hydrogens (tertiary/aromatic N) is 2. The average molecular weight is 266 g/mol. The first-order chi connectivity index (χ1) is 9.04. The number of rotatable bonds is 5. The molecular formula is C16H30N2O. The van der Waals surface area contributed by atoms with Crippen LogP contribution in [0.15, 0.2) is 0 Å². The number of hydrogen-bond donors (Lipinski definition) is 0. The predicted octanol–water partition coefficient (Wildman–Crippen LogP) is 2.76. The summed E-state index contributed by atoms with van der Waals surface area (Å²) in [5.41, 5.74) is 0.552. The second-order valence-corrected chi connectivity index (χ2v) is 7.05. The molecule has 0 saturated carbocycles. The molecule has 0 aromatic rings. The van der Waals surface area contributed by atoms with Crippen LogP contribution >= 0.6 is 0 Å². The number of hydrogen-bond acceptors (Lipinski definition) is 2. The summed E-state index contributed by atoms with van der Waals surface area (Å²) >= 11 is 0. The van der Waals surface area contributed by atoms with Crippen molar-refractivity contribution < 1.29 is 4.79 Å². The monoisotopic (exact) mass is 266 g/mol. The van der Waals surface area contributed by atoms with Gasteiger partial charge in [-0.2, -0.15) is 0 Å². The quantitative estimate of drug-likeness (QED) is 0.764. The van der Waals surface area contributed by atoms with Crippen LogP contribution in [0.3, 0.4) is 0 Å². The van der Waals surface area contributed by atoms with Crippen LogP contribution in [0.1, 0.15) is 52.9 Å². The molecule has 2 saturated heterocycles. The van der Waals surface area contributed by atoms with E-state index in [2.05, 4.69) is 30.6 Å². The summed E-state index contributed by atoms with van der Waals surface area (Å²) in [5, 5.41) is 0. The van der Waals surface area contributed by atoms with Gasteiger partial charge in [-0.1, -0.05) is 27.2 Å². The highest BCUT2D eigenvalue weighted by molar-refractivity contribution is 5.76. The van der Waals surface area contributed by atoms with E-state index in [1.807, 2.05) is 0 Å². The van der Waals surface area contributed by atoms with Crippen molar-refractivity contribution in [2.45, 2.75) is 52.9 Å². The summed E-state index contributed by atoms with van der Waals surface area (Å²) < 4.78 is 0. The number of piperidine rings is 1. The van der Waals surface area contributed by atoms with Gasteiger partial charge in [0, 0.05) is 39.1 Å². The van der Waals surface area contributed by atoms with Gasteiger partial charge in [0.25, 0.3) is 0 Å². The summed E-state index contributed by atoms with van der Waals surface area (Å²) in [5.74, 6) is 1.16. The summed E-state index contributed by atoms with van der Waals surface area (Å²) in [6.45, 7) is 12.5. The Morgan fingerprint density at radius 2 is 1.84 bits per heavy atom. The summed E-state index contributed by atoms with van der Waals surface area (Å²) in [7, 11) is 0. The van der Waals surface area contributed by atoms with E-state index in [1.54, 1.807) is 0 Å². The minimum atomic E-state index is 0.384. The standard InChI is InChI=1S/C16H30N2O/c1-4-5-6-15(19)18-9-7-16(8-10-18)12-17(13-16)11-14(2)3/h14H,4-13H2,1-3H3. The Bertz CT molecular complexity index is 298. The van der Waals surface area contributed by atoms with Crippen molar-refractivity contribution in [2.24, 2.45) is 11.3 Å². The Morgan fingerprint density at radius 1 is 1.21 bits per heavy atom. The molecule has 2 fully saturated rings. The third-order valence-corrected chi connectivity index (χ3v) is 4.66. The second-order valence-electron chi connectivity index (χ2n) is 7.05. The van der Waals surface area contributed by atoms with Gasteiger partial charge in [0.05, 0.1) is 0 Å².